The Bertz CT molecular complexity index is 412. The lowest BCUT2D eigenvalue weighted by Crippen LogP contribution is -2.48. The monoisotopic (exact) mass is 277 g/mol. The average molecular weight is 277 g/mol. The Balaban J connectivity index is 0.000000956. The number of rotatable bonds is 4. The SMILES string of the molecule is CC.Cc1cccc(CN2CCN(CC(N)=O)CC2)c1. The van der Waals surface area contributed by atoms with Crippen LogP contribution in [0.4, 0.5) is 0 Å². The molecule has 1 amide bonds. The first kappa shape index (κ1) is 16.7. The molecule has 0 bridgehead atoms. The van der Waals surface area contributed by atoms with Crippen molar-refractivity contribution in [1.82, 2.24) is 9.80 Å². The van der Waals surface area contributed by atoms with Gasteiger partial charge in [-0.25, -0.2) is 0 Å². The van der Waals surface area contributed by atoms with Gasteiger partial charge in [0.15, 0.2) is 0 Å². The molecule has 2 rings (SSSR count). The minimum Gasteiger partial charge on any atom is -0.369 e. The van der Waals surface area contributed by atoms with E-state index < -0.39 is 0 Å². The molecule has 0 spiro atoms. The molecule has 0 saturated carbocycles. The van der Waals surface area contributed by atoms with E-state index in [2.05, 4.69) is 41.0 Å². The van der Waals surface area contributed by atoms with Crippen LogP contribution >= 0.6 is 0 Å². The van der Waals surface area contributed by atoms with Crippen molar-refractivity contribution in [1.29, 1.82) is 0 Å². The number of aryl methyl sites for hydroxylation is 1. The zero-order valence-corrected chi connectivity index (χ0v) is 12.9. The van der Waals surface area contributed by atoms with Gasteiger partial charge in [0, 0.05) is 32.7 Å². The van der Waals surface area contributed by atoms with E-state index in [1.54, 1.807) is 0 Å². The van der Waals surface area contributed by atoms with Gasteiger partial charge in [-0.15, -0.1) is 0 Å². The van der Waals surface area contributed by atoms with Gasteiger partial charge in [0.05, 0.1) is 6.54 Å². The molecule has 1 aliphatic rings. The maximum Gasteiger partial charge on any atom is 0.231 e. The molecule has 0 radical (unpaired) electrons. The first-order chi connectivity index (χ1) is 9.63. The van der Waals surface area contributed by atoms with Crippen LogP contribution in [0, 0.1) is 6.92 Å². The predicted molar refractivity (Wildman–Crippen MR) is 83.4 cm³/mol. The topological polar surface area (TPSA) is 49.6 Å². The highest BCUT2D eigenvalue weighted by Gasteiger charge is 2.17. The smallest absolute Gasteiger partial charge is 0.231 e. The third-order valence-corrected chi connectivity index (χ3v) is 3.33. The number of amides is 1. The van der Waals surface area contributed by atoms with Crippen molar-refractivity contribution < 1.29 is 4.79 Å². The quantitative estimate of drug-likeness (QED) is 0.910. The van der Waals surface area contributed by atoms with Crippen LogP contribution < -0.4 is 5.73 Å². The maximum absolute atomic E-state index is 10.8. The molecule has 0 unspecified atom stereocenters. The van der Waals surface area contributed by atoms with Crippen molar-refractivity contribution in [2.75, 3.05) is 32.7 Å². The van der Waals surface area contributed by atoms with E-state index in [1.807, 2.05) is 13.8 Å². The molecule has 4 heteroatoms. The Morgan fingerprint density at radius 3 is 2.30 bits per heavy atom. The summed E-state index contributed by atoms with van der Waals surface area (Å²) in [5.41, 5.74) is 7.87. The summed E-state index contributed by atoms with van der Waals surface area (Å²) in [6.07, 6.45) is 0. The molecular weight excluding hydrogens is 250 g/mol. The number of piperazine rings is 1. The summed E-state index contributed by atoms with van der Waals surface area (Å²) in [7, 11) is 0. The second kappa shape index (κ2) is 8.72. The van der Waals surface area contributed by atoms with Crippen LogP contribution in [0.2, 0.25) is 0 Å². The lowest BCUT2D eigenvalue weighted by molar-refractivity contribution is -0.119. The van der Waals surface area contributed by atoms with Crippen LogP contribution in [-0.2, 0) is 11.3 Å². The molecule has 0 aromatic heterocycles. The summed E-state index contributed by atoms with van der Waals surface area (Å²) in [6.45, 7) is 11.4. The van der Waals surface area contributed by atoms with Gasteiger partial charge in [0.2, 0.25) is 5.91 Å². The molecule has 0 atom stereocenters. The standard InChI is InChI=1S/C14H21N3O.C2H6/c1-12-3-2-4-13(9-12)10-16-5-7-17(8-6-16)11-14(15)18;1-2/h2-4,9H,5-8,10-11H2,1H3,(H2,15,18);1-2H3. The lowest BCUT2D eigenvalue weighted by Gasteiger charge is -2.34. The third kappa shape index (κ3) is 5.72. The van der Waals surface area contributed by atoms with E-state index in [4.69, 9.17) is 5.73 Å². The predicted octanol–water partition coefficient (Wildman–Crippen LogP) is 1.62. The van der Waals surface area contributed by atoms with Crippen LogP contribution in [0.3, 0.4) is 0 Å². The summed E-state index contributed by atoms with van der Waals surface area (Å²) >= 11 is 0. The fourth-order valence-corrected chi connectivity index (χ4v) is 2.39. The molecule has 1 fully saturated rings. The van der Waals surface area contributed by atoms with E-state index in [0.717, 1.165) is 32.7 Å². The molecule has 1 saturated heterocycles. The number of benzene rings is 1. The Morgan fingerprint density at radius 2 is 1.75 bits per heavy atom. The summed E-state index contributed by atoms with van der Waals surface area (Å²) in [5, 5.41) is 0. The zero-order chi connectivity index (χ0) is 15.0. The van der Waals surface area contributed by atoms with E-state index in [9.17, 15) is 4.79 Å². The second-order valence-electron chi connectivity index (χ2n) is 5.01. The van der Waals surface area contributed by atoms with Gasteiger partial charge >= 0.3 is 0 Å². The highest BCUT2D eigenvalue weighted by Crippen LogP contribution is 2.10. The van der Waals surface area contributed by atoms with Gasteiger partial charge in [-0.2, -0.15) is 0 Å². The number of nitrogens with zero attached hydrogens (tertiary/aromatic N) is 2. The van der Waals surface area contributed by atoms with Gasteiger partial charge in [-0.1, -0.05) is 43.7 Å². The van der Waals surface area contributed by atoms with Crippen LogP contribution in [0.5, 0.6) is 0 Å². The molecule has 2 N–H and O–H groups in total. The number of carbonyl (C=O) groups excluding carboxylic acids is 1. The summed E-state index contributed by atoms with van der Waals surface area (Å²) in [4.78, 5) is 15.4. The lowest BCUT2D eigenvalue weighted by atomic mass is 10.1. The Kier molecular flexibility index (Phi) is 7.26. The minimum absolute atomic E-state index is 0.234. The second-order valence-corrected chi connectivity index (χ2v) is 5.01. The van der Waals surface area contributed by atoms with Crippen molar-refractivity contribution in [3.63, 3.8) is 0 Å². The molecule has 4 nitrogen and oxygen atoms in total. The van der Waals surface area contributed by atoms with Crippen molar-refractivity contribution in [3.05, 3.63) is 35.4 Å². The number of hydrogen-bond acceptors (Lipinski definition) is 3. The first-order valence-electron chi connectivity index (χ1n) is 7.42. The summed E-state index contributed by atoms with van der Waals surface area (Å²) in [6, 6.07) is 8.63. The van der Waals surface area contributed by atoms with Crippen LogP contribution in [0.1, 0.15) is 25.0 Å². The van der Waals surface area contributed by atoms with E-state index in [-0.39, 0.29) is 5.91 Å². The fraction of sp³-hybridized carbons (Fsp3) is 0.562. The zero-order valence-electron chi connectivity index (χ0n) is 12.9. The Labute approximate surface area is 122 Å². The summed E-state index contributed by atoms with van der Waals surface area (Å²) < 4.78 is 0. The van der Waals surface area contributed by atoms with Crippen LogP contribution in [0.15, 0.2) is 24.3 Å². The fourth-order valence-electron chi connectivity index (χ4n) is 2.39. The van der Waals surface area contributed by atoms with E-state index in [1.165, 1.54) is 11.1 Å². The van der Waals surface area contributed by atoms with Gasteiger partial charge in [-0.3, -0.25) is 14.6 Å². The molecule has 0 aliphatic carbocycles. The minimum atomic E-state index is -0.234. The number of hydrogen-bond donors (Lipinski definition) is 1. The molecule has 20 heavy (non-hydrogen) atoms. The third-order valence-electron chi connectivity index (χ3n) is 3.33. The van der Waals surface area contributed by atoms with Crippen molar-refractivity contribution >= 4 is 5.91 Å². The molecule has 1 aliphatic heterocycles. The van der Waals surface area contributed by atoms with Gasteiger partial charge in [0.25, 0.3) is 0 Å². The molecular formula is C16H27N3O. The maximum atomic E-state index is 10.8. The Hall–Kier alpha value is -1.39. The van der Waals surface area contributed by atoms with Crippen molar-refractivity contribution in [3.8, 4) is 0 Å². The van der Waals surface area contributed by atoms with Crippen molar-refractivity contribution in [2.24, 2.45) is 5.73 Å². The Morgan fingerprint density at radius 1 is 1.15 bits per heavy atom. The molecule has 1 aromatic carbocycles. The largest absolute Gasteiger partial charge is 0.369 e. The first-order valence-corrected chi connectivity index (χ1v) is 7.42. The molecule has 112 valence electrons. The summed E-state index contributed by atoms with van der Waals surface area (Å²) in [5.74, 6) is -0.234. The number of primary amides is 1. The van der Waals surface area contributed by atoms with Crippen molar-refractivity contribution in [2.45, 2.75) is 27.3 Å². The highest BCUT2D eigenvalue weighted by molar-refractivity contribution is 5.75. The van der Waals surface area contributed by atoms with Gasteiger partial charge < -0.3 is 5.73 Å². The number of nitrogens with two attached hydrogens (primary N) is 1. The normalized spacial score (nSPS) is 16.4. The highest BCUT2D eigenvalue weighted by atomic mass is 16.1. The van der Waals surface area contributed by atoms with Gasteiger partial charge in [-0.05, 0) is 12.5 Å². The van der Waals surface area contributed by atoms with E-state index in [0.29, 0.717) is 6.54 Å². The molecule has 1 aromatic rings. The average Bonchev–Trinajstić information content (AvgIpc) is 2.43. The van der Waals surface area contributed by atoms with Crippen LogP contribution in [0.25, 0.3) is 0 Å². The number of carbonyl (C=O) groups is 1. The van der Waals surface area contributed by atoms with Crippen LogP contribution in [-0.4, -0.2) is 48.4 Å². The van der Waals surface area contributed by atoms with Gasteiger partial charge in [0.1, 0.15) is 0 Å². The van der Waals surface area contributed by atoms with E-state index >= 15 is 0 Å². The molecule has 1 heterocycles.